The van der Waals surface area contributed by atoms with Gasteiger partial charge < -0.3 is 5.32 Å². The maximum atomic E-state index is 12.0. The summed E-state index contributed by atoms with van der Waals surface area (Å²) in [5.41, 5.74) is 1.88. The average Bonchev–Trinajstić information content (AvgIpc) is 2.53. The van der Waals surface area contributed by atoms with Crippen molar-refractivity contribution in [2.24, 2.45) is 5.92 Å². The van der Waals surface area contributed by atoms with Crippen molar-refractivity contribution in [1.29, 1.82) is 0 Å². The number of hydrogen-bond acceptors (Lipinski definition) is 3. The first-order valence-electron chi connectivity index (χ1n) is 5.77. The Kier molecular flexibility index (Phi) is 3.40. The molecule has 1 N–H and O–H groups in total. The van der Waals surface area contributed by atoms with E-state index in [4.69, 9.17) is 0 Å². The van der Waals surface area contributed by atoms with E-state index in [-0.39, 0.29) is 11.7 Å². The highest BCUT2D eigenvalue weighted by Gasteiger charge is 2.33. The Morgan fingerprint density at radius 3 is 2.82 bits per heavy atom. The van der Waals surface area contributed by atoms with Gasteiger partial charge in [-0.1, -0.05) is 19.1 Å². The number of sulfonamides is 1. The van der Waals surface area contributed by atoms with Gasteiger partial charge >= 0.3 is 0 Å². The topological polar surface area (TPSA) is 49.4 Å². The molecule has 2 rings (SSSR count). The Balaban J connectivity index is 2.31. The maximum Gasteiger partial charge on any atom is 0.235 e. The molecular weight excluding hydrogens is 236 g/mol. The molecule has 0 aliphatic carbocycles. The third kappa shape index (κ3) is 2.61. The fourth-order valence-corrected chi connectivity index (χ4v) is 4.11. The van der Waals surface area contributed by atoms with Crippen molar-refractivity contribution in [3.05, 3.63) is 29.8 Å². The third-order valence-electron chi connectivity index (χ3n) is 2.89. The van der Waals surface area contributed by atoms with E-state index in [0.717, 1.165) is 17.8 Å². The molecule has 0 radical (unpaired) electrons. The largest absolute Gasteiger partial charge is 0.316 e. The third-order valence-corrected chi connectivity index (χ3v) is 4.91. The second-order valence-electron chi connectivity index (χ2n) is 4.62. The lowest BCUT2D eigenvalue weighted by molar-refractivity contribution is 0.598. The van der Waals surface area contributed by atoms with Gasteiger partial charge in [0.25, 0.3) is 0 Å². The standard InChI is InChI=1S/C12H18N2O2S/c1-10-8-14(17(15,16)9-10)12-5-3-4-11(6-12)7-13-2/h3-6,10,13H,7-9H2,1-2H3/t10-/m1/s1. The zero-order chi connectivity index (χ0) is 12.5. The molecule has 1 aliphatic heterocycles. The molecule has 4 nitrogen and oxygen atoms in total. The summed E-state index contributed by atoms with van der Waals surface area (Å²) < 4.78 is 25.4. The molecule has 94 valence electrons. The second-order valence-corrected chi connectivity index (χ2v) is 6.55. The molecule has 1 atom stereocenters. The molecule has 0 unspecified atom stereocenters. The Labute approximate surface area is 103 Å². The van der Waals surface area contributed by atoms with Crippen LogP contribution >= 0.6 is 0 Å². The average molecular weight is 254 g/mol. The highest BCUT2D eigenvalue weighted by atomic mass is 32.2. The summed E-state index contributed by atoms with van der Waals surface area (Å²) in [6, 6.07) is 7.69. The van der Waals surface area contributed by atoms with Crippen LogP contribution in [0.4, 0.5) is 5.69 Å². The van der Waals surface area contributed by atoms with Crippen molar-refractivity contribution in [3.63, 3.8) is 0 Å². The lowest BCUT2D eigenvalue weighted by Gasteiger charge is -2.17. The molecule has 1 aromatic carbocycles. The number of rotatable bonds is 3. The SMILES string of the molecule is CNCc1cccc(N2C[C@@H](C)CS2(=O)=O)c1. The second kappa shape index (κ2) is 4.66. The predicted molar refractivity (Wildman–Crippen MR) is 69.5 cm³/mol. The predicted octanol–water partition coefficient (Wildman–Crippen LogP) is 1.19. The summed E-state index contributed by atoms with van der Waals surface area (Å²) in [5, 5.41) is 3.06. The van der Waals surface area contributed by atoms with Gasteiger partial charge in [-0.15, -0.1) is 0 Å². The van der Waals surface area contributed by atoms with E-state index in [1.54, 1.807) is 0 Å². The van der Waals surface area contributed by atoms with E-state index in [0.29, 0.717) is 6.54 Å². The molecule has 1 saturated heterocycles. The van der Waals surface area contributed by atoms with Crippen LogP contribution in [0.15, 0.2) is 24.3 Å². The van der Waals surface area contributed by atoms with E-state index < -0.39 is 10.0 Å². The quantitative estimate of drug-likeness (QED) is 0.881. The van der Waals surface area contributed by atoms with Crippen molar-refractivity contribution < 1.29 is 8.42 Å². The molecule has 1 fully saturated rings. The van der Waals surface area contributed by atoms with E-state index in [2.05, 4.69) is 5.32 Å². The van der Waals surface area contributed by atoms with Crippen LogP contribution in [0.5, 0.6) is 0 Å². The number of benzene rings is 1. The summed E-state index contributed by atoms with van der Waals surface area (Å²) in [6.07, 6.45) is 0. The van der Waals surface area contributed by atoms with Crippen LogP contribution in [0.1, 0.15) is 12.5 Å². The Bertz CT molecular complexity index is 499. The summed E-state index contributed by atoms with van der Waals surface area (Å²) in [7, 11) is -1.23. The van der Waals surface area contributed by atoms with Crippen LogP contribution in [0.2, 0.25) is 0 Å². The van der Waals surface area contributed by atoms with Crippen molar-refractivity contribution in [2.45, 2.75) is 13.5 Å². The zero-order valence-corrected chi connectivity index (χ0v) is 11.0. The van der Waals surface area contributed by atoms with E-state index in [1.165, 1.54) is 4.31 Å². The molecular formula is C12H18N2O2S. The van der Waals surface area contributed by atoms with Crippen LogP contribution in [0.3, 0.4) is 0 Å². The Hall–Kier alpha value is -1.07. The first-order valence-corrected chi connectivity index (χ1v) is 7.38. The van der Waals surface area contributed by atoms with Gasteiger partial charge in [-0.2, -0.15) is 0 Å². The minimum atomic E-state index is -3.11. The molecule has 17 heavy (non-hydrogen) atoms. The fraction of sp³-hybridized carbons (Fsp3) is 0.500. The van der Waals surface area contributed by atoms with Crippen molar-refractivity contribution in [2.75, 3.05) is 23.7 Å². The van der Waals surface area contributed by atoms with Crippen molar-refractivity contribution >= 4 is 15.7 Å². The first kappa shape index (κ1) is 12.4. The number of nitrogens with one attached hydrogen (secondary N) is 1. The maximum absolute atomic E-state index is 12.0. The summed E-state index contributed by atoms with van der Waals surface area (Å²) in [6.45, 7) is 3.30. The number of nitrogens with zero attached hydrogens (tertiary/aromatic N) is 1. The van der Waals surface area contributed by atoms with Crippen LogP contribution in [0.25, 0.3) is 0 Å². The summed E-state index contributed by atoms with van der Waals surface area (Å²) in [5.74, 6) is 0.455. The summed E-state index contributed by atoms with van der Waals surface area (Å²) in [4.78, 5) is 0. The minimum absolute atomic E-state index is 0.202. The molecule has 1 aliphatic rings. The lowest BCUT2D eigenvalue weighted by atomic mass is 10.2. The Morgan fingerprint density at radius 1 is 1.47 bits per heavy atom. The molecule has 1 heterocycles. The van der Waals surface area contributed by atoms with E-state index >= 15 is 0 Å². The Morgan fingerprint density at radius 2 is 2.24 bits per heavy atom. The molecule has 0 amide bonds. The van der Waals surface area contributed by atoms with Crippen molar-refractivity contribution in [3.8, 4) is 0 Å². The van der Waals surface area contributed by atoms with E-state index in [1.807, 2.05) is 38.2 Å². The van der Waals surface area contributed by atoms with Gasteiger partial charge in [0.05, 0.1) is 11.4 Å². The van der Waals surface area contributed by atoms with Gasteiger partial charge in [0.2, 0.25) is 10.0 Å². The smallest absolute Gasteiger partial charge is 0.235 e. The molecule has 0 aromatic heterocycles. The summed E-state index contributed by atoms with van der Waals surface area (Å²) >= 11 is 0. The highest BCUT2D eigenvalue weighted by Crippen LogP contribution is 2.27. The molecule has 0 saturated carbocycles. The zero-order valence-electron chi connectivity index (χ0n) is 10.2. The van der Waals surface area contributed by atoms with Gasteiger partial charge in [0.15, 0.2) is 0 Å². The van der Waals surface area contributed by atoms with Gasteiger partial charge in [-0.05, 0) is 30.7 Å². The molecule has 5 heteroatoms. The first-order chi connectivity index (χ1) is 8.03. The highest BCUT2D eigenvalue weighted by molar-refractivity contribution is 7.93. The fourth-order valence-electron chi connectivity index (χ4n) is 2.19. The van der Waals surface area contributed by atoms with Crippen LogP contribution in [-0.4, -0.2) is 27.8 Å². The van der Waals surface area contributed by atoms with Crippen LogP contribution in [0, 0.1) is 5.92 Å². The van der Waals surface area contributed by atoms with Gasteiger partial charge in [-0.25, -0.2) is 8.42 Å². The number of anilines is 1. The van der Waals surface area contributed by atoms with Gasteiger partial charge in [0, 0.05) is 13.1 Å². The molecule has 1 aromatic rings. The van der Waals surface area contributed by atoms with Crippen LogP contribution < -0.4 is 9.62 Å². The van der Waals surface area contributed by atoms with Crippen molar-refractivity contribution in [1.82, 2.24) is 5.32 Å². The molecule has 0 spiro atoms. The van der Waals surface area contributed by atoms with E-state index in [9.17, 15) is 8.42 Å². The monoisotopic (exact) mass is 254 g/mol. The molecule has 0 bridgehead atoms. The van der Waals surface area contributed by atoms with Crippen LogP contribution in [-0.2, 0) is 16.6 Å². The van der Waals surface area contributed by atoms with Gasteiger partial charge in [-0.3, -0.25) is 4.31 Å². The minimum Gasteiger partial charge on any atom is -0.316 e. The normalized spacial score (nSPS) is 22.9. The van der Waals surface area contributed by atoms with Gasteiger partial charge in [0.1, 0.15) is 0 Å². The number of hydrogen-bond donors (Lipinski definition) is 1. The lowest BCUT2D eigenvalue weighted by Crippen LogP contribution is -2.25.